The van der Waals surface area contributed by atoms with Crippen LogP contribution in [-0.4, -0.2) is 28.9 Å². The van der Waals surface area contributed by atoms with E-state index in [4.69, 9.17) is 4.98 Å². The Morgan fingerprint density at radius 3 is 2.76 bits per heavy atom. The number of carbonyl (C=O) groups is 1. The van der Waals surface area contributed by atoms with Gasteiger partial charge in [0.15, 0.2) is 0 Å². The van der Waals surface area contributed by atoms with E-state index in [1.54, 1.807) is 0 Å². The van der Waals surface area contributed by atoms with Gasteiger partial charge in [-0.05, 0) is 43.5 Å². The summed E-state index contributed by atoms with van der Waals surface area (Å²) in [5.74, 6) is 0.163. The van der Waals surface area contributed by atoms with Gasteiger partial charge in [-0.2, -0.15) is 0 Å². The van der Waals surface area contributed by atoms with Gasteiger partial charge in [-0.1, -0.05) is 12.1 Å². The molecule has 0 unspecified atom stereocenters. The van der Waals surface area contributed by atoms with Gasteiger partial charge in [-0.15, -0.1) is 11.3 Å². The van der Waals surface area contributed by atoms with Crippen LogP contribution in [0.2, 0.25) is 0 Å². The molecule has 3 heterocycles. The second-order valence-electron chi connectivity index (χ2n) is 5.69. The highest BCUT2D eigenvalue weighted by molar-refractivity contribution is 7.20. The molecule has 3 nitrogen and oxygen atoms in total. The Bertz CT molecular complexity index is 846. The molecule has 4 heteroatoms. The van der Waals surface area contributed by atoms with Gasteiger partial charge in [0.25, 0.3) is 5.91 Å². The van der Waals surface area contributed by atoms with Crippen molar-refractivity contribution in [2.24, 2.45) is 0 Å². The zero-order valence-electron chi connectivity index (χ0n) is 11.9. The summed E-state index contributed by atoms with van der Waals surface area (Å²) in [5.41, 5.74) is 2.21. The number of aryl methyl sites for hydroxylation is 1. The molecule has 1 aromatic carbocycles. The maximum Gasteiger partial charge on any atom is 0.264 e. The number of pyridine rings is 1. The molecule has 1 saturated heterocycles. The average Bonchev–Trinajstić information content (AvgIpc) is 3.13. The Morgan fingerprint density at radius 2 is 1.95 bits per heavy atom. The Balaban J connectivity index is 1.81. The van der Waals surface area contributed by atoms with Crippen molar-refractivity contribution < 1.29 is 4.79 Å². The van der Waals surface area contributed by atoms with Crippen molar-refractivity contribution in [2.75, 3.05) is 13.1 Å². The van der Waals surface area contributed by atoms with Gasteiger partial charge in [0, 0.05) is 23.9 Å². The minimum absolute atomic E-state index is 0.163. The minimum Gasteiger partial charge on any atom is -0.338 e. The molecular weight excluding hydrogens is 280 g/mol. The first-order valence-corrected chi connectivity index (χ1v) is 8.12. The van der Waals surface area contributed by atoms with Gasteiger partial charge >= 0.3 is 0 Å². The van der Waals surface area contributed by atoms with Crippen LogP contribution in [0.5, 0.6) is 0 Å². The van der Waals surface area contributed by atoms with E-state index in [-0.39, 0.29) is 5.91 Å². The van der Waals surface area contributed by atoms with E-state index >= 15 is 0 Å². The van der Waals surface area contributed by atoms with Crippen LogP contribution in [0.25, 0.3) is 21.1 Å². The SMILES string of the molecule is Cc1ccc2cc3cc(C(=O)N4CCCC4)sc3nc2c1. The molecule has 1 fully saturated rings. The summed E-state index contributed by atoms with van der Waals surface area (Å²) in [6.07, 6.45) is 2.25. The molecular formula is C17H16N2OS. The first kappa shape index (κ1) is 12.8. The van der Waals surface area contributed by atoms with Gasteiger partial charge in [0.05, 0.1) is 10.4 Å². The third-order valence-electron chi connectivity index (χ3n) is 4.06. The predicted molar refractivity (Wildman–Crippen MR) is 87.0 cm³/mol. The maximum atomic E-state index is 12.5. The van der Waals surface area contributed by atoms with Gasteiger partial charge in [0.1, 0.15) is 4.83 Å². The highest BCUT2D eigenvalue weighted by Crippen LogP contribution is 2.29. The largest absolute Gasteiger partial charge is 0.338 e. The van der Waals surface area contributed by atoms with Gasteiger partial charge in [-0.3, -0.25) is 4.79 Å². The summed E-state index contributed by atoms with van der Waals surface area (Å²) in [6, 6.07) is 10.4. The fraction of sp³-hybridized carbons (Fsp3) is 0.294. The molecule has 0 saturated carbocycles. The van der Waals surface area contributed by atoms with Gasteiger partial charge in [0.2, 0.25) is 0 Å². The van der Waals surface area contributed by atoms with E-state index in [0.717, 1.165) is 51.9 Å². The van der Waals surface area contributed by atoms with Crippen molar-refractivity contribution in [3.05, 3.63) is 40.8 Å². The van der Waals surface area contributed by atoms with Crippen molar-refractivity contribution in [1.29, 1.82) is 0 Å². The molecule has 1 aliphatic heterocycles. The summed E-state index contributed by atoms with van der Waals surface area (Å²) in [5, 5.41) is 2.20. The predicted octanol–water partition coefficient (Wildman–Crippen LogP) is 3.99. The number of aromatic nitrogens is 1. The fourth-order valence-corrected chi connectivity index (χ4v) is 3.91. The van der Waals surface area contributed by atoms with E-state index in [9.17, 15) is 4.79 Å². The number of thiophene rings is 1. The molecule has 0 aliphatic carbocycles. The summed E-state index contributed by atoms with van der Waals surface area (Å²) in [6.45, 7) is 3.85. The van der Waals surface area contributed by atoms with Crippen molar-refractivity contribution in [3.8, 4) is 0 Å². The molecule has 1 aliphatic rings. The average molecular weight is 296 g/mol. The third-order valence-corrected chi connectivity index (χ3v) is 5.10. The summed E-state index contributed by atoms with van der Waals surface area (Å²) < 4.78 is 0. The quantitative estimate of drug-likeness (QED) is 0.680. The van der Waals surface area contributed by atoms with Crippen LogP contribution < -0.4 is 0 Å². The van der Waals surface area contributed by atoms with Gasteiger partial charge in [-0.25, -0.2) is 4.98 Å². The normalized spacial score (nSPS) is 15.2. The van der Waals surface area contributed by atoms with Crippen LogP contribution >= 0.6 is 11.3 Å². The molecule has 0 spiro atoms. The van der Waals surface area contributed by atoms with Crippen LogP contribution in [0, 0.1) is 6.92 Å². The Labute approximate surface area is 127 Å². The van der Waals surface area contributed by atoms with E-state index in [1.165, 1.54) is 16.9 Å². The van der Waals surface area contributed by atoms with Crippen molar-refractivity contribution >= 4 is 38.4 Å². The van der Waals surface area contributed by atoms with Crippen LogP contribution in [0.1, 0.15) is 28.1 Å². The second kappa shape index (κ2) is 4.81. The lowest BCUT2D eigenvalue weighted by Gasteiger charge is -2.13. The minimum atomic E-state index is 0.163. The summed E-state index contributed by atoms with van der Waals surface area (Å²) in [4.78, 5) is 20.9. The van der Waals surface area contributed by atoms with Crippen LogP contribution in [-0.2, 0) is 0 Å². The standard InChI is InChI=1S/C17H16N2OS/c1-11-4-5-12-9-13-10-15(17(20)19-6-2-3-7-19)21-16(13)18-14(12)8-11/h4-5,8-10H,2-3,6-7H2,1H3. The molecule has 0 N–H and O–H groups in total. The van der Waals surface area contributed by atoms with Crippen LogP contribution in [0.3, 0.4) is 0 Å². The topological polar surface area (TPSA) is 33.2 Å². The fourth-order valence-electron chi connectivity index (χ4n) is 2.92. The molecule has 2 aromatic heterocycles. The number of hydrogen-bond donors (Lipinski definition) is 0. The van der Waals surface area contributed by atoms with E-state index in [1.807, 2.05) is 11.0 Å². The lowest BCUT2D eigenvalue weighted by atomic mass is 10.1. The number of amides is 1. The number of carbonyl (C=O) groups excluding carboxylic acids is 1. The highest BCUT2D eigenvalue weighted by atomic mass is 32.1. The van der Waals surface area contributed by atoms with Crippen molar-refractivity contribution in [3.63, 3.8) is 0 Å². The van der Waals surface area contributed by atoms with Crippen molar-refractivity contribution in [2.45, 2.75) is 19.8 Å². The van der Waals surface area contributed by atoms with Gasteiger partial charge < -0.3 is 4.90 Å². The zero-order chi connectivity index (χ0) is 14.4. The van der Waals surface area contributed by atoms with Crippen LogP contribution in [0.4, 0.5) is 0 Å². The summed E-state index contributed by atoms with van der Waals surface area (Å²) in [7, 11) is 0. The maximum absolute atomic E-state index is 12.5. The van der Waals surface area contributed by atoms with E-state index < -0.39 is 0 Å². The Kier molecular flexibility index (Phi) is 2.93. The second-order valence-corrected chi connectivity index (χ2v) is 6.72. The number of benzene rings is 1. The number of fused-ring (bicyclic) bond motifs is 2. The Morgan fingerprint density at radius 1 is 1.14 bits per heavy atom. The molecule has 0 bridgehead atoms. The highest BCUT2D eigenvalue weighted by Gasteiger charge is 2.21. The molecule has 4 rings (SSSR count). The number of rotatable bonds is 1. The number of hydrogen-bond acceptors (Lipinski definition) is 3. The lowest BCUT2D eigenvalue weighted by Crippen LogP contribution is -2.26. The molecule has 3 aromatic rings. The molecule has 106 valence electrons. The van der Waals surface area contributed by atoms with E-state index in [0.29, 0.717) is 0 Å². The molecule has 0 atom stereocenters. The lowest BCUT2D eigenvalue weighted by molar-refractivity contribution is 0.0797. The monoisotopic (exact) mass is 296 g/mol. The number of likely N-dealkylation sites (tertiary alicyclic amines) is 1. The first-order valence-electron chi connectivity index (χ1n) is 7.31. The van der Waals surface area contributed by atoms with E-state index in [2.05, 4.69) is 31.2 Å². The third kappa shape index (κ3) is 2.20. The number of nitrogens with zero attached hydrogens (tertiary/aromatic N) is 2. The summed E-state index contributed by atoms with van der Waals surface area (Å²) >= 11 is 1.51. The smallest absolute Gasteiger partial charge is 0.264 e. The molecule has 21 heavy (non-hydrogen) atoms. The van der Waals surface area contributed by atoms with Crippen molar-refractivity contribution in [1.82, 2.24) is 9.88 Å². The molecule has 0 radical (unpaired) electrons. The zero-order valence-corrected chi connectivity index (χ0v) is 12.7. The molecule has 1 amide bonds. The Hall–Kier alpha value is -1.94. The van der Waals surface area contributed by atoms with Crippen LogP contribution in [0.15, 0.2) is 30.3 Å². The first-order chi connectivity index (χ1) is 10.2.